The van der Waals surface area contributed by atoms with Crippen molar-refractivity contribution >= 4 is 37.7 Å². The third-order valence-electron chi connectivity index (χ3n) is 3.68. The van der Waals surface area contributed by atoms with Crippen molar-refractivity contribution in [1.29, 1.82) is 0 Å². The van der Waals surface area contributed by atoms with Crippen molar-refractivity contribution in [1.82, 2.24) is 4.98 Å². The molecule has 0 aliphatic rings. The summed E-state index contributed by atoms with van der Waals surface area (Å²) in [6, 6.07) is 23.3. The summed E-state index contributed by atoms with van der Waals surface area (Å²) < 4.78 is 1.13. The van der Waals surface area contributed by atoms with E-state index >= 15 is 0 Å². The van der Waals surface area contributed by atoms with Crippen LogP contribution < -0.4 is 0 Å². The molecular formula is C18H12BrN. The summed E-state index contributed by atoms with van der Waals surface area (Å²) in [4.78, 5) is 3.50. The smallest absolute Gasteiger partial charge is 0.0476 e. The highest BCUT2D eigenvalue weighted by atomic mass is 79.9. The van der Waals surface area contributed by atoms with Crippen LogP contribution in [0, 0.1) is 0 Å². The summed E-state index contributed by atoms with van der Waals surface area (Å²) in [5, 5.41) is 2.51. The molecule has 0 atom stereocenters. The lowest BCUT2D eigenvalue weighted by Crippen LogP contribution is -1.77. The number of benzene rings is 3. The van der Waals surface area contributed by atoms with E-state index < -0.39 is 0 Å². The van der Waals surface area contributed by atoms with Crippen LogP contribution in [0.5, 0.6) is 0 Å². The van der Waals surface area contributed by atoms with Crippen LogP contribution in [0.25, 0.3) is 32.9 Å². The average Bonchev–Trinajstić information content (AvgIpc) is 2.87. The molecule has 96 valence electrons. The van der Waals surface area contributed by atoms with Gasteiger partial charge in [-0.1, -0.05) is 64.5 Å². The second-order valence-corrected chi connectivity index (χ2v) is 5.77. The van der Waals surface area contributed by atoms with Crippen LogP contribution in [0.2, 0.25) is 0 Å². The van der Waals surface area contributed by atoms with E-state index in [1.165, 1.54) is 32.9 Å². The molecule has 2 heteroatoms. The third-order valence-corrected chi connectivity index (χ3v) is 4.34. The van der Waals surface area contributed by atoms with Crippen molar-refractivity contribution in [3.8, 4) is 11.1 Å². The average molecular weight is 322 g/mol. The van der Waals surface area contributed by atoms with Gasteiger partial charge in [-0.2, -0.15) is 0 Å². The van der Waals surface area contributed by atoms with Gasteiger partial charge in [0.15, 0.2) is 0 Å². The zero-order valence-corrected chi connectivity index (χ0v) is 12.3. The van der Waals surface area contributed by atoms with Gasteiger partial charge in [0.2, 0.25) is 0 Å². The molecular weight excluding hydrogens is 310 g/mol. The van der Waals surface area contributed by atoms with Gasteiger partial charge in [-0.25, -0.2) is 0 Å². The van der Waals surface area contributed by atoms with Crippen molar-refractivity contribution in [3.63, 3.8) is 0 Å². The largest absolute Gasteiger partial charge is 0.354 e. The summed E-state index contributed by atoms with van der Waals surface area (Å²) in [6.45, 7) is 0. The van der Waals surface area contributed by atoms with Crippen molar-refractivity contribution in [2.75, 3.05) is 0 Å². The van der Waals surface area contributed by atoms with Crippen LogP contribution in [-0.2, 0) is 0 Å². The Morgan fingerprint density at radius 2 is 1.55 bits per heavy atom. The molecule has 4 aromatic rings. The zero-order chi connectivity index (χ0) is 13.5. The van der Waals surface area contributed by atoms with Gasteiger partial charge >= 0.3 is 0 Å². The number of nitrogens with one attached hydrogen (secondary N) is 1. The Morgan fingerprint density at radius 3 is 2.40 bits per heavy atom. The molecule has 3 aromatic carbocycles. The Morgan fingerprint density at radius 1 is 0.700 bits per heavy atom. The highest BCUT2D eigenvalue weighted by Gasteiger charge is 2.08. The van der Waals surface area contributed by atoms with Crippen molar-refractivity contribution in [3.05, 3.63) is 71.2 Å². The highest BCUT2D eigenvalue weighted by Crippen LogP contribution is 2.33. The van der Waals surface area contributed by atoms with Gasteiger partial charge in [0.05, 0.1) is 0 Å². The number of aromatic amines is 1. The van der Waals surface area contributed by atoms with E-state index in [4.69, 9.17) is 0 Å². The number of aromatic nitrogens is 1. The summed E-state index contributed by atoms with van der Waals surface area (Å²) in [7, 11) is 0. The van der Waals surface area contributed by atoms with E-state index in [0.29, 0.717) is 0 Å². The van der Waals surface area contributed by atoms with Gasteiger partial charge in [-0.3, -0.25) is 0 Å². The molecule has 0 unspecified atom stereocenters. The molecule has 0 aliphatic heterocycles. The topological polar surface area (TPSA) is 15.8 Å². The molecule has 0 saturated carbocycles. The van der Waals surface area contributed by atoms with Crippen LogP contribution in [0.4, 0.5) is 0 Å². The lowest BCUT2D eigenvalue weighted by atomic mass is 10.0. The fourth-order valence-corrected chi connectivity index (χ4v) is 3.30. The van der Waals surface area contributed by atoms with Crippen LogP contribution in [0.3, 0.4) is 0 Å². The molecule has 0 spiro atoms. The zero-order valence-electron chi connectivity index (χ0n) is 10.7. The van der Waals surface area contributed by atoms with E-state index in [-0.39, 0.29) is 0 Å². The van der Waals surface area contributed by atoms with E-state index in [9.17, 15) is 0 Å². The first-order valence-electron chi connectivity index (χ1n) is 6.58. The molecule has 4 rings (SSSR count). The molecule has 0 fully saturated rings. The quantitative estimate of drug-likeness (QED) is 0.459. The minimum atomic E-state index is 1.13. The number of halogens is 1. The van der Waals surface area contributed by atoms with Crippen LogP contribution in [-0.4, -0.2) is 4.98 Å². The molecule has 20 heavy (non-hydrogen) atoms. The van der Waals surface area contributed by atoms with Gasteiger partial charge in [0.1, 0.15) is 0 Å². The van der Waals surface area contributed by atoms with Gasteiger partial charge in [0.25, 0.3) is 0 Å². The molecule has 1 heterocycles. The molecule has 0 saturated heterocycles. The maximum absolute atomic E-state index is 3.64. The molecule has 0 bridgehead atoms. The normalized spacial score (nSPS) is 11.2. The maximum Gasteiger partial charge on any atom is 0.0476 e. The Bertz CT molecular complexity index is 907. The summed E-state index contributed by atoms with van der Waals surface area (Å²) in [6.07, 6.45) is 0. The standard InChI is InChI=1S/C18H12BrN/c19-15-7-4-8-16-18(15)14-10-9-13(11-17(14)20-16)12-5-2-1-3-6-12/h1-11,20H. The Balaban J connectivity index is 2.01. The first-order valence-corrected chi connectivity index (χ1v) is 7.37. The van der Waals surface area contributed by atoms with Crippen molar-refractivity contribution < 1.29 is 0 Å². The van der Waals surface area contributed by atoms with Crippen molar-refractivity contribution in [2.24, 2.45) is 0 Å². The Labute approximate surface area is 125 Å². The van der Waals surface area contributed by atoms with Gasteiger partial charge in [-0.05, 0) is 29.3 Å². The maximum atomic E-state index is 3.64. The fourth-order valence-electron chi connectivity index (χ4n) is 2.72. The minimum absolute atomic E-state index is 1.13. The predicted octanol–water partition coefficient (Wildman–Crippen LogP) is 5.75. The number of hydrogen-bond donors (Lipinski definition) is 1. The molecule has 1 N–H and O–H groups in total. The Kier molecular flexibility index (Phi) is 2.64. The summed E-state index contributed by atoms with van der Waals surface area (Å²) >= 11 is 3.64. The number of hydrogen-bond acceptors (Lipinski definition) is 0. The highest BCUT2D eigenvalue weighted by molar-refractivity contribution is 9.10. The monoisotopic (exact) mass is 321 g/mol. The van der Waals surface area contributed by atoms with Crippen LogP contribution in [0.1, 0.15) is 0 Å². The second-order valence-electron chi connectivity index (χ2n) is 4.91. The van der Waals surface area contributed by atoms with E-state index in [1.807, 2.05) is 6.07 Å². The first kappa shape index (κ1) is 11.7. The molecule has 0 amide bonds. The molecule has 0 aliphatic carbocycles. The minimum Gasteiger partial charge on any atom is -0.354 e. The SMILES string of the molecule is Brc1cccc2[nH]c3cc(-c4ccccc4)ccc3c12. The number of H-pyrrole nitrogens is 1. The van der Waals surface area contributed by atoms with Gasteiger partial charge in [-0.15, -0.1) is 0 Å². The van der Waals surface area contributed by atoms with Crippen LogP contribution in [0.15, 0.2) is 71.2 Å². The van der Waals surface area contributed by atoms with Gasteiger partial charge in [0, 0.05) is 26.3 Å². The van der Waals surface area contributed by atoms with Gasteiger partial charge < -0.3 is 4.98 Å². The fraction of sp³-hybridized carbons (Fsp3) is 0. The third kappa shape index (κ3) is 1.76. The lowest BCUT2D eigenvalue weighted by molar-refractivity contribution is 1.54. The molecule has 1 aromatic heterocycles. The number of rotatable bonds is 1. The predicted molar refractivity (Wildman–Crippen MR) is 88.9 cm³/mol. The van der Waals surface area contributed by atoms with Crippen molar-refractivity contribution in [2.45, 2.75) is 0 Å². The molecule has 0 radical (unpaired) electrons. The molecule has 1 nitrogen and oxygen atoms in total. The summed E-state index contributed by atoms with van der Waals surface area (Å²) in [5.41, 5.74) is 4.82. The second kappa shape index (κ2) is 4.50. The number of fused-ring (bicyclic) bond motifs is 3. The Hall–Kier alpha value is -2.06. The summed E-state index contributed by atoms with van der Waals surface area (Å²) in [5.74, 6) is 0. The van der Waals surface area contributed by atoms with Crippen LogP contribution >= 0.6 is 15.9 Å². The van der Waals surface area contributed by atoms with E-state index in [0.717, 1.165) is 4.47 Å². The first-order chi connectivity index (χ1) is 9.83. The lowest BCUT2D eigenvalue weighted by Gasteiger charge is -2.01. The van der Waals surface area contributed by atoms with E-state index in [2.05, 4.69) is 81.6 Å². The van der Waals surface area contributed by atoms with E-state index in [1.54, 1.807) is 0 Å².